The Hall–Kier alpha value is -1.44. The lowest BCUT2D eigenvalue weighted by atomic mass is 9.44. The molecule has 0 amide bonds. The second kappa shape index (κ2) is 19.9. The largest absolute Gasteiger partial charge is 0.461 e. The first kappa shape index (κ1) is 50.4. The topological polar surface area (TPSA) is 130 Å². The van der Waals surface area contributed by atoms with Gasteiger partial charge in [-0.05, 0) is 149 Å². The van der Waals surface area contributed by atoms with Gasteiger partial charge in [0, 0.05) is 37.5 Å². The smallest absolute Gasteiger partial charge is 0.302 e. The van der Waals surface area contributed by atoms with E-state index in [1.807, 2.05) is 0 Å². The molecule has 0 bridgehead atoms. The zero-order valence-corrected chi connectivity index (χ0v) is 43.3. The van der Waals surface area contributed by atoms with Gasteiger partial charge in [0.2, 0.25) is 0 Å². The number of aliphatic hydroxyl groups is 2. The summed E-state index contributed by atoms with van der Waals surface area (Å²) in [4.78, 5) is 46.3. The van der Waals surface area contributed by atoms with Crippen LogP contribution in [0.2, 0.25) is 0 Å². The Bertz CT molecular complexity index is 1750. The highest BCUT2D eigenvalue weighted by molar-refractivity contribution is 9.09. The van der Waals surface area contributed by atoms with Gasteiger partial charge in [0.25, 0.3) is 0 Å². The number of carbonyl (C=O) groups is 2. The maximum absolute atomic E-state index is 11.8. The first-order valence-corrected chi connectivity index (χ1v) is 26.7. The Morgan fingerprint density at radius 3 is 1.72 bits per heavy atom. The number of fused-ring (bicyclic) bond motifs is 10. The van der Waals surface area contributed by atoms with Gasteiger partial charge in [0.15, 0.2) is 0 Å². The molecule has 0 aromatic carbocycles. The fourth-order valence-electron chi connectivity index (χ4n) is 15.5. The number of esters is 2. The van der Waals surface area contributed by atoms with Crippen LogP contribution in [-0.2, 0) is 38.6 Å². The van der Waals surface area contributed by atoms with Crippen LogP contribution < -0.4 is 0 Å². The summed E-state index contributed by atoms with van der Waals surface area (Å²) in [6.07, 6.45) is 17.5. The van der Waals surface area contributed by atoms with Crippen molar-refractivity contribution in [1.29, 1.82) is 0 Å². The lowest BCUT2D eigenvalue weighted by Crippen LogP contribution is -2.59. The standard InChI is InChI=1S/C26H41BrO5.C26H39BrO5/c2*1-6-7-15(2)31-32-18-8-10-25(4)17(12-18)13-22(29)23-19(25)9-11-26(5)20(23)14-21(27)24(26)30-16(3)28/h17-24,29H,2,6-14H2,1,3-5H3;13,18-24,29H,2,6-12,14H2,1,3-5H3/t17?,18-,19?,20?,21+,22-,23?,24-,25-,26-;18-,19?,20?,21+,22-,23?,24-,25-,26-/m00/s1. The van der Waals surface area contributed by atoms with E-state index in [-0.39, 0.29) is 85.6 Å². The quantitative estimate of drug-likeness (QED) is 0.0487. The minimum Gasteiger partial charge on any atom is -0.461 e. The highest BCUT2D eigenvalue weighted by Crippen LogP contribution is 2.68. The van der Waals surface area contributed by atoms with E-state index in [0.717, 1.165) is 109 Å². The molecule has 0 saturated heterocycles. The van der Waals surface area contributed by atoms with Gasteiger partial charge in [-0.3, -0.25) is 9.59 Å². The van der Waals surface area contributed by atoms with Crippen molar-refractivity contribution >= 4 is 43.8 Å². The molecule has 362 valence electrons. The van der Waals surface area contributed by atoms with Crippen molar-refractivity contribution in [3.05, 3.63) is 36.3 Å². The highest BCUT2D eigenvalue weighted by Gasteiger charge is 2.66. The summed E-state index contributed by atoms with van der Waals surface area (Å²) in [5, 5.41) is 22.8. The predicted molar refractivity (Wildman–Crippen MR) is 254 cm³/mol. The van der Waals surface area contributed by atoms with Gasteiger partial charge in [0.05, 0.1) is 21.9 Å². The lowest BCUT2D eigenvalue weighted by molar-refractivity contribution is -0.313. The molecule has 8 aliphatic carbocycles. The molecule has 0 spiro atoms. The van der Waals surface area contributed by atoms with Gasteiger partial charge in [-0.1, -0.05) is 98.2 Å². The molecule has 2 N–H and O–H groups in total. The average molecular weight is 1030 g/mol. The number of aliphatic hydroxyl groups excluding tert-OH is 2. The van der Waals surface area contributed by atoms with Crippen LogP contribution in [0.1, 0.15) is 165 Å². The minimum atomic E-state index is -0.474. The second-order valence-electron chi connectivity index (χ2n) is 22.5. The predicted octanol–water partition coefficient (Wildman–Crippen LogP) is 11.8. The number of ether oxygens (including phenoxy) is 2. The third kappa shape index (κ3) is 9.48. The van der Waals surface area contributed by atoms with Crippen LogP contribution in [0.5, 0.6) is 0 Å². The van der Waals surface area contributed by atoms with Crippen molar-refractivity contribution in [2.45, 2.75) is 211 Å². The maximum Gasteiger partial charge on any atom is 0.302 e. The summed E-state index contributed by atoms with van der Waals surface area (Å²) in [5.41, 5.74) is 1.44. The second-order valence-corrected chi connectivity index (χ2v) is 24.9. The van der Waals surface area contributed by atoms with Gasteiger partial charge in [0.1, 0.15) is 35.9 Å². The fraction of sp³-hybridized carbons (Fsp3) is 0.846. The highest BCUT2D eigenvalue weighted by atomic mass is 79.9. The third-order valence-corrected chi connectivity index (χ3v) is 20.5. The minimum absolute atomic E-state index is 0.00675. The zero-order chi connectivity index (χ0) is 46.5. The average Bonchev–Trinajstić information content (AvgIpc) is 3.63. The van der Waals surface area contributed by atoms with E-state index in [1.54, 1.807) is 0 Å². The van der Waals surface area contributed by atoms with E-state index in [2.05, 4.69) is 92.6 Å². The van der Waals surface area contributed by atoms with Gasteiger partial charge in [-0.25, -0.2) is 0 Å². The Balaban J connectivity index is 0.000000191. The SMILES string of the molecule is C=C(CCC)OO[C@H]1CC[C@@]2(C)C(=C[C@H](O)C3C2CC[C@@]2(C)C3C[C@@H](Br)[C@@H]2OC(C)=O)C1.C=C(CCC)OO[C@H]1CC[C@@]2(C)C(C1)C[C@H](O)C1C2CC[C@@]2(C)C1C[C@@H](Br)[C@@H]2OC(C)=O. The van der Waals surface area contributed by atoms with Crippen LogP contribution in [0.15, 0.2) is 36.3 Å². The van der Waals surface area contributed by atoms with Crippen molar-refractivity contribution in [3.63, 3.8) is 0 Å². The van der Waals surface area contributed by atoms with Crippen LogP contribution in [0, 0.1) is 63.1 Å². The molecule has 0 aliphatic heterocycles. The molecule has 7 unspecified atom stereocenters. The van der Waals surface area contributed by atoms with Crippen LogP contribution >= 0.6 is 31.9 Å². The Morgan fingerprint density at radius 1 is 0.672 bits per heavy atom. The summed E-state index contributed by atoms with van der Waals surface area (Å²) in [6, 6.07) is 0. The molecule has 0 heterocycles. The van der Waals surface area contributed by atoms with Crippen LogP contribution in [0.4, 0.5) is 0 Å². The Kier molecular flexibility index (Phi) is 15.7. The number of hydrogen-bond acceptors (Lipinski definition) is 10. The van der Waals surface area contributed by atoms with Crippen LogP contribution in [-0.4, -0.2) is 68.4 Å². The molecule has 8 aliphatic rings. The molecule has 7 saturated carbocycles. The Morgan fingerprint density at radius 2 is 1.17 bits per heavy atom. The third-order valence-electron chi connectivity index (χ3n) is 18.8. The van der Waals surface area contributed by atoms with Gasteiger partial charge >= 0.3 is 11.9 Å². The molecular formula is C52H80Br2O10. The molecule has 0 aromatic rings. The maximum atomic E-state index is 11.8. The first-order valence-electron chi connectivity index (χ1n) is 24.9. The number of carbonyl (C=O) groups excluding carboxylic acids is 2. The summed E-state index contributed by atoms with van der Waals surface area (Å²) >= 11 is 7.64. The Labute approximate surface area is 400 Å². The summed E-state index contributed by atoms with van der Waals surface area (Å²) in [5.74, 6) is 3.50. The van der Waals surface area contributed by atoms with Gasteiger partial charge in [-0.15, -0.1) is 0 Å². The normalized spacial score (nSPS) is 46.4. The molecule has 19 atom stereocenters. The van der Waals surface area contributed by atoms with Crippen molar-refractivity contribution < 1.29 is 48.8 Å². The van der Waals surface area contributed by atoms with E-state index in [1.165, 1.54) is 19.4 Å². The first-order chi connectivity index (χ1) is 30.2. The number of allylic oxidation sites excluding steroid dienone is 2. The molecule has 10 nitrogen and oxygen atoms in total. The van der Waals surface area contributed by atoms with E-state index in [4.69, 9.17) is 29.0 Å². The molecule has 0 radical (unpaired) electrons. The van der Waals surface area contributed by atoms with Crippen LogP contribution in [0.3, 0.4) is 0 Å². The van der Waals surface area contributed by atoms with E-state index < -0.39 is 6.10 Å². The molecule has 8 rings (SSSR count). The summed E-state index contributed by atoms with van der Waals surface area (Å²) in [7, 11) is 0. The number of hydrogen-bond donors (Lipinski definition) is 2. The number of halogens is 2. The number of alkyl halides is 2. The molecule has 64 heavy (non-hydrogen) atoms. The van der Waals surface area contributed by atoms with Crippen molar-refractivity contribution in [1.82, 2.24) is 0 Å². The van der Waals surface area contributed by atoms with Crippen molar-refractivity contribution in [3.8, 4) is 0 Å². The molecule has 12 heteroatoms. The molecule has 0 aromatic heterocycles. The number of rotatable bonds is 12. The van der Waals surface area contributed by atoms with Gasteiger partial charge in [-0.2, -0.15) is 9.78 Å². The summed E-state index contributed by atoms with van der Waals surface area (Å²) < 4.78 is 11.6. The molecular weight excluding hydrogens is 944 g/mol. The summed E-state index contributed by atoms with van der Waals surface area (Å²) in [6.45, 7) is 24.5. The molecule has 7 fully saturated rings. The van der Waals surface area contributed by atoms with Crippen molar-refractivity contribution in [2.75, 3.05) is 0 Å². The fourth-order valence-corrected chi connectivity index (χ4v) is 17.7. The van der Waals surface area contributed by atoms with Crippen LogP contribution in [0.25, 0.3) is 0 Å². The van der Waals surface area contributed by atoms with E-state index >= 15 is 0 Å². The zero-order valence-electron chi connectivity index (χ0n) is 40.1. The lowest BCUT2D eigenvalue weighted by Gasteiger charge is -2.62. The van der Waals surface area contributed by atoms with Gasteiger partial charge < -0.3 is 29.5 Å². The van der Waals surface area contributed by atoms with E-state index in [0.29, 0.717) is 41.1 Å². The van der Waals surface area contributed by atoms with E-state index in [9.17, 15) is 19.8 Å². The van der Waals surface area contributed by atoms with Crippen molar-refractivity contribution in [2.24, 2.45) is 63.1 Å². The monoisotopic (exact) mass is 1020 g/mol.